The molecule has 0 radical (unpaired) electrons. The molecule has 0 bridgehead atoms. The molecular formula is C22H14F2O8. The van der Waals surface area contributed by atoms with Crippen LogP contribution in [0.5, 0.6) is 11.5 Å². The van der Waals surface area contributed by atoms with Crippen LogP contribution in [0.25, 0.3) is 0 Å². The fourth-order valence-corrected chi connectivity index (χ4v) is 4.98. The number of ether oxygens (including phenoxy) is 4. The van der Waals surface area contributed by atoms with Crippen molar-refractivity contribution in [1.82, 2.24) is 0 Å². The highest BCUT2D eigenvalue weighted by atomic mass is 19.1. The summed E-state index contributed by atoms with van der Waals surface area (Å²) >= 11 is 0. The highest BCUT2D eigenvalue weighted by Gasteiger charge is 2.90. The normalized spacial score (nSPS) is 29.1. The minimum Gasteiger partial charge on any atom is -0.469 e. The molecule has 0 spiro atoms. The molecule has 1 fully saturated rings. The Balaban J connectivity index is 1.82. The Kier molecular flexibility index (Phi) is 3.99. The molecule has 8 nitrogen and oxygen atoms in total. The summed E-state index contributed by atoms with van der Waals surface area (Å²) in [7, 11) is 2.02. The Morgan fingerprint density at radius 1 is 0.781 bits per heavy atom. The first-order valence-electron chi connectivity index (χ1n) is 9.45. The number of fused-ring (bicyclic) bond motifs is 6. The fourth-order valence-electron chi connectivity index (χ4n) is 4.98. The van der Waals surface area contributed by atoms with E-state index in [0.717, 1.165) is 50.6 Å². The van der Waals surface area contributed by atoms with Gasteiger partial charge in [-0.3, -0.25) is 9.59 Å². The van der Waals surface area contributed by atoms with Gasteiger partial charge in [-0.2, -0.15) is 0 Å². The smallest absolute Gasteiger partial charge is 0.356 e. The van der Waals surface area contributed by atoms with Gasteiger partial charge in [0.15, 0.2) is 11.6 Å². The van der Waals surface area contributed by atoms with Crippen LogP contribution in [0.1, 0.15) is 20.7 Å². The summed E-state index contributed by atoms with van der Waals surface area (Å²) in [5, 5.41) is 0. The maximum absolute atomic E-state index is 13.8. The van der Waals surface area contributed by atoms with Gasteiger partial charge in [-0.05, 0) is 36.4 Å². The minimum atomic E-state index is -2.43. The van der Waals surface area contributed by atoms with Crippen molar-refractivity contribution in [3.05, 3.63) is 59.2 Å². The van der Waals surface area contributed by atoms with E-state index in [2.05, 4.69) is 0 Å². The van der Waals surface area contributed by atoms with Crippen LogP contribution in [-0.2, 0) is 19.1 Å². The Bertz CT molecular complexity index is 1140. The molecule has 0 N–H and O–H groups in total. The number of carbonyl (C=O) groups excluding carboxylic acids is 4. The fraction of sp³-hybridized carbons (Fsp3) is 0.273. The molecule has 0 aromatic heterocycles. The molecule has 32 heavy (non-hydrogen) atoms. The first kappa shape index (κ1) is 20.1. The summed E-state index contributed by atoms with van der Waals surface area (Å²) in [6.45, 7) is 0. The molecular weight excluding hydrogens is 430 g/mol. The number of esters is 2. The SMILES string of the molecule is COC(=O)[C@@]12Oc3ccc(F)cc3C(=O)[C@@H]1[C@@H]1C(=O)c3cc(F)ccc3O[C@@]12C(=O)OC. The lowest BCUT2D eigenvalue weighted by Gasteiger charge is -2.63. The number of methoxy groups -OCH3 is 2. The molecule has 2 heterocycles. The predicted octanol–water partition coefficient (Wildman–Crippen LogP) is 1.88. The largest absolute Gasteiger partial charge is 0.469 e. The van der Waals surface area contributed by atoms with Crippen molar-refractivity contribution >= 4 is 23.5 Å². The van der Waals surface area contributed by atoms with Crippen molar-refractivity contribution in [1.29, 1.82) is 0 Å². The van der Waals surface area contributed by atoms with Gasteiger partial charge in [-0.15, -0.1) is 0 Å². The highest BCUT2D eigenvalue weighted by molar-refractivity contribution is 6.19. The summed E-state index contributed by atoms with van der Waals surface area (Å²) in [6.07, 6.45) is 0. The maximum Gasteiger partial charge on any atom is 0.356 e. The quantitative estimate of drug-likeness (QED) is 0.647. The summed E-state index contributed by atoms with van der Waals surface area (Å²) < 4.78 is 49.1. The van der Waals surface area contributed by atoms with Gasteiger partial charge in [0.05, 0.1) is 37.2 Å². The van der Waals surface area contributed by atoms with E-state index in [0.29, 0.717) is 0 Å². The topological polar surface area (TPSA) is 105 Å². The second kappa shape index (κ2) is 6.35. The maximum atomic E-state index is 13.8. The third kappa shape index (κ3) is 2.09. The van der Waals surface area contributed by atoms with Crippen molar-refractivity contribution in [2.75, 3.05) is 14.2 Å². The van der Waals surface area contributed by atoms with Crippen LogP contribution in [0.4, 0.5) is 8.78 Å². The molecule has 2 aromatic rings. The number of halogens is 2. The molecule has 10 heteroatoms. The van der Waals surface area contributed by atoms with Gasteiger partial charge < -0.3 is 18.9 Å². The Hall–Kier alpha value is -3.82. The van der Waals surface area contributed by atoms with Crippen LogP contribution in [0.15, 0.2) is 36.4 Å². The van der Waals surface area contributed by atoms with E-state index in [-0.39, 0.29) is 22.6 Å². The van der Waals surface area contributed by atoms with Crippen LogP contribution in [-0.4, -0.2) is 48.9 Å². The number of Topliss-reactive ketones (excluding diaryl/α,β-unsaturated/α-hetero) is 2. The van der Waals surface area contributed by atoms with E-state index in [9.17, 15) is 28.0 Å². The highest BCUT2D eigenvalue weighted by Crippen LogP contribution is 2.64. The van der Waals surface area contributed by atoms with Crippen molar-refractivity contribution in [3.63, 3.8) is 0 Å². The average Bonchev–Trinajstić information content (AvgIpc) is 2.78. The van der Waals surface area contributed by atoms with Crippen molar-refractivity contribution in [2.24, 2.45) is 11.8 Å². The lowest BCUT2D eigenvalue weighted by Crippen LogP contribution is -2.90. The second-order valence-corrected chi connectivity index (χ2v) is 7.62. The zero-order valence-corrected chi connectivity index (χ0v) is 16.6. The van der Waals surface area contributed by atoms with Gasteiger partial charge in [-0.25, -0.2) is 18.4 Å². The molecule has 0 amide bonds. The molecule has 4 atom stereocenters. The van der Waals surface area contributed by atoms with Gasteiger partial charge in [0.1, 0.15) is 23.1 Å². The first-order chi connectivity index (χ1) is 15.2. The predicted molar refractivity (Wildman–Crippen MR) is 99.2 cm³/mol. The van der Waals surface area contributed by atoms with Gasteiger partial charge in [0.2, 0.25) is 0 Å². The number of hydrogen-bond donors (Lipinski definition) is 0. The van der Waals surface area contributed by atoms with Gasteiger partial charge in [-0.1, -0.05) is 0 Å². The molecule has 2 aromatic carbocycles. The lowest BCUT2D eigenvalue weighted by atomic mass is 9.45. The van der Waals surface area contributed by atoms with Gasteiger partial charge in [0, 0.05) is 0 Å². The van der Waals surface area contributed by atoms with Crippen LogP contribution < -0.4 is 9.47 Å². The number of carbonyl (C=O) groups is 4. The number of benzene rings is 2. The van der Waals surface area contributed by atoms with E-state index in [1.54, 1.807) is 0 Å². The molecule has 0 unspecified atom stereocenters. The van der Waals surface area contributed by atoms with Crippen LogP contribution >= 0.6 is 0 Å². The Labute approximate surface area is 179 Å². The van der Waals surface area contributed by atoms with Gasteiger partial charge >= 0.3 is 11.9 Å². The minimum absolute atomic E-state index is 0.194. The monoisotopic (exact) mass is 444 g/mol. The molecule has 1 aliphatic carbocycles. The number of hydrogen-bond acceptors (Lipinski definition) is 8. The summed E-state index contributed by atoms with van der Waals surface area (Å²) in [6, 6.07) is 6.05. The number of rotatable bonds is 2. The van der Waals surface area contributed by atoms with E-state index >= 15 is 0 Å². The number of ketones is 2. The molecule has 3 aliphatic rings. The third-order valence-electron chi connectivity index (χ3n) is 6.26. The van der Waals surface area contributed by atoms with Crippen LogP contribution in [0, 0.1) is 23.5 Å². The lowest BCUT2D eigenvalue weighted by molar-refractivity contribution is -0.259. The van der Waals surface area contributed by atoms with E-state index in [1.165, 1.54) is 0 Å². The summed E-state index contributed by atoms with van der Waals surface area (Å²) in [5.74, 6) is -9.06. The van der Waals surface area contributed by atoms with E-state index in [1.807, 2.05) is 0 Å². The Morgan fingerprint density at radius 3 is 1.50 bits per heavy atom. The van der Waals surface area contributed by atoms with Crippen molar-refractivity contribution in [2.45, 2.75) is 11.2 Å². The third-order valence-corrected chi connectivity index (χ3v) is 6.26. The zero-order valence-electron chi connectivity index (χ0n) is 16.6. The molecule has 0 saturated heterocycles. The average molecular weight is 444 g/mol. The molecule has 164 valence electrons. The molecule has 2 aliphatic heterocycles. The van der Waals surface area contributed by atoms with Crippen LogP contribution in [0.2, 0.25) is 0 Å². The van der Waals surface area contributed by atoms with Crippen LogP contribution in [0.3, 0.4) is 0 Å². The Morgan fingerprint density at radius 2 is 1.16 bits per heavy atom. The first-order valence-corrected chi connectivity index (χ1v) is 9.45. The zero-order chi connectivity index (χ0) is 23.0. The van der Waals surface area contributed by atoms with E-state index in [4.69, 9.17) is 18.9 Å². The van der Waals surface area contributed by atoms with Crippen molar-refractivity contribution < 1.29 is 46.9 Å². The summed E-state index contributed by atoms with van der Waals surface area (Å²) in [4.78, 5) is 53.0. The summed E-state index contributed by atoms with van der Waals surface area (Å²) in [5.41, 5.74) is -5.29. The van der Waals surface area contributed by atoms with E-state index < -0.39 is 58.2 Å². The second-order valence-electron chi connectivity index (χ2n) is 7.62. The molecule has 5 rings (SSSR count). The van der Waals surface area contributed by atoms with Gasteiger partial charge in [0.25, 0.3) is 11.2 Å². The standard InChI is InChI=1S/C22H14F2O8/c1-29-19(27)21-15(17(25)11-7-9(23)3-5-13(11)31-21)16-18(26)12-8-10(24)4-6-14(12)32-22(16,21)20(28)30-2/h3-8,15-16H,1-2H3/t15-,16+,21-,22+. The molecule has 1 saturated carbocycles. The van der Waals surface area contributed by atoms with Crippen molar-refractivity contribution in [3.8, 4) is 11.5 Å².